The standard InChI is InChI=1S/C16H33NO4Si/c1-8-10-16(6,7)21-22(19-14(2)3,20-15(4)5)12-9-11-17-13-18/h14-15H,8-12H2,1-7H3. The summed E-state index contributed by atoms with van der Waals surface area (Å²) in [4.78, 5) is 13.8. The van der Waals surface area contributed by atoms with Crippen LogP contribution in [-0.4, -0.2) is 39.2 Å². The zero-order valence-electron chi connectivity index (χ0n) is 15.3. The summed E-state index contributed by atoms with van der Waals surface area (Å²) in [6, 6.07) is 0.654. The van der Waals surface area contributed by atoms with Crippen LogP contribution >= 0.6 is 0 Å². The molecule has 130 valence electrons. The van der Waals surface area contributed by atoms with Gasteiger partial charge in [0.15, 0.2) is 0 Å². The molecule has 0 saturated carbocycles. The van der Waals surface area contributed by atoms with Crippen LogP contribution in [0.5, 0.6) is 0 Å². The third-order valence-corrected chi connectivity index (χ3v) is 6.42. The van der Waals surface area contributed by atoms with Gasteiger partial charge in [-0.2, -0.15) is 0 Å². The fourth-order valence-electron chi connectivity index (χ4n) is 2.46. The van der Waals surface area contributed by atoms with Crippen LogP contribution in [0.1, 0.15) is 67.7 Å². The van der Waals surface area contributed by atoms with Crippen molar-refractivity contribution in [1.29, 1.82) is 0 Å². The molecule has 6 heteroatoms. The van der Waals surface area contributed by atoms with Crippen LogP contribution in [0.3, 0.4) is 0 Å². The Balaban J connectivity index is 5.19. The lowest BCUT2D eigenvalue weighted by molar-refractivity contribution is -0.0405. The van der Waals surface area contributed by atoms with Gasteiger partial charge in [-0.05, 0) is 54.4 Å². The van der Waals surface area contributed by atoms with E-state index in [-0.39, 0.29) is 17.8 Å². The summed E-state index contributed by atoms with van der Waals surface area (Å²) in [6.45, 7) is 14.7. The Morgan fingerprint density at radius 1 is 1.14 bits per heavy atom. The highest BCUT2D eigenvalue weighted by atomic mass is 28.4. The fraction of sp³-hybridized carbons (Fsp3) is 0.938. The van der Waals surface area contributed by atoms with E-state index in [1.165, 1.54) is 0 Å². The molecule has 0 fully saturated rings. The minimum atomic E-state index is -2.83. The summed E-state index contributed by atoms with van der Waals surface area (Å²) in [5.74, 6) is 0. The molecule has 0 unspecified atom stereocenters. The van der Waals surface area contributed by atoms with Crippen molar-refractivity contribution >= 4 is 14.9 Å². The van der Waals surface area contributed by atoms with Crippen LogP contribution < -0.4 is 0 Å². The first-order valence-corrected chi connectivity index (χ1v) is 10.2. The molecule has 22 heavy (non-hydrogen) atoms. The Hall–Kier alpha value is -0.523. The van der Waals surface area contributed by atoms with Crippen molar-refractivity contribution in [2.24, 2.45) is 4.99 Å². The summed E-state index contributed by atoms with van der Waals surface area (Å²) in [7, 11) is -2.83. The molecule has 0 saturated heterocycles. The lowest BCUT2D eigenvalue weighted by Gasteiger charge is -2.39. The Bertz CT molecular complexity index is 342. The van der Waals surface area contributed by atoms with Crippen LogP contribution in [0.25, 0.3) is 0 Å². The highest BCUT2D eigenvalue weighted by Crippen LogP contribution is 2.29. The molecule has 0 heterocycles. The van der Waals surface area contributed by atoms with Crippen molar-refractivity contribution in [3.05, 3.63) is 0 Å². The second-order valence-corrected chi connectivity index (χ2v) is 9.25. The minimum Gasteiger partial charge on any atom is -0.371 e. The van der Waals surface area contributed by atoms with Crippen LogP contribution in [-0.2, 0) is 18.1 Å². The Kier molecular flexibility index (Phi) is 10.0. The first kappa shape index (κ1) is 21.5. The number of hydrogen-bond donors (Lipinski definition) is 0. The maximum absolute atomic E-state index is 10.2. The number of hydrogen-bond acceptors (Lipinski definition) is 5. The molecule has 0 radical (unpaired) electrons. The molecule has 5 nitrogen and oxygen atoms in total. The average Bonchev–Trinajstić information content (AvgIpc) is 2.32. The first-order valence-electron chi connectivity index (χ1n) is 8.26. The maximum atomic E-state index is 10.2. The molecule has 0 aromatic rings. The molecule has 0 spiro atoms. The van der Waals surface area contributed by atoms with Gasteiger partial charge in [-0.25, -0.2) is 9.79 Å². The zero-order chi connectivity index (χ0) is 17.2. The molecule has 0 aliphatic heterocycles. The lowest BCUT2D eigenvalue weighted by atomic mass is 10.0. The normalized spacial score (nSPS) is 12.8. The molecule has 0 bridgehead atoms. The highest BCUT2D eigenvalue weighted by molar-refractivity contribution is 6.61. The van der Waals surface area contributed by atoms with Crippen molar-refractivity contribution in [1.82, 2.24) is 0 Å². The average molecular weight is 332 g/mol. The lowest BCUT2D eigenvalue weighted by Crippen LogP contribution is -2.53. The van der Waals surface area contributed by atoms with Gasteiger partial charge in [-0.3, -0.25) is 0 Å². The van der Waals surface area contributed by atoms with Crippen molar-refractivity contribution in [3.63, 3.8) is 0 Å². The third kappa shape index (κ3) is 9.49. The summed E-state index contributed by atoms with van der Waals surface area (Å²) in [5.41, 5.74) is -0.293. The molecule has 0 aromatic heterocycles. The molecule has 0 amide bonds. The molecule has 0 rings (SSSR count). The van der Waals surface area contributed by atoms with E-state index in [4.69, 9.17) is 13.3 Å². The number of rotatable bonds is 12. The predicted octanol–water partition coefficient (Wildman–Crippen LogP) is 4.10. The summed E-state index contributed by atoms with van der Waals surface area (Å²) < 4.78 is 18.8. The molecule has 0 aromatic carbocycles. The third-order valence-electron chi connectivity index (χ3n) is 2.93. The largest absolute Gasteiger partial charge is 0.501 e. The molecule has 0 aliphatic carbocycles. The van der Waals surface area contributed by atoms with E-state index in [2.05, 4.69) is 25.8 Å². The summed E-state index contributed by atoms with van der Waals surface area (Å²) in [5, 5.41) is 0. The van der Waals surface area contributed by atoms with Gasteiger partial charge in [-0.15, -0.1) is 0 Å². The Labute approximate surface area is 136 Å². The van der Waals surface area contributed by atoms with E-state index >= 15 is 0 Å². The second-order valence-electron chi connectivity index (χ2n) is 6.70. The first-order chi connectivity index (χ1) is 10.2. The van der Waals surface area contributed by atoms with Gasteiger partial charge in [0.05, 0.1) is 12.1 Å². The fourth-order valence-corrected chi connectivity index (χ4v) is 5.92. The van der Waals surface area contributed by atoms with E-state index in [0.717, 1.165) is 12.8 Å². The number of carbonyl (C=O) groups excluding carboxylic acids is 1. The van der Waals surface area contributed by atoms with E-state index in [0.29, 0.717) is 19.0 Å². The highest BCUT2D eigenvalue weighted by Gasteiger charge is 2.46. The van der Waals surface area contributed by atoms with Crippen LogP contribution in [0, 0.1) is 0 Å². The van der Waals surface area contributed by atoms with Crippen LogP contribution in [0.4, 0.5) is 0 Å². The maximum Gasteiger partial charge on any atom is 0.501 e. The van der Waals surface area contributed by atoms with E-state index < -0.39 is 8.80 Å². The molecular weight excluding hydrogens is 298 g/mol. The zero-order valence-corrected chi connectivity index (χ0v) is 16.3. The monoisotopic (exact) mass is 331 g/mol. The van der Waals surface area contributed by atoms with Crippen LogP contribution in [0.2, 0.25) is 6.04 Å². The van der Waals surface area contributed by atoms with E-state index in [1.807, 2.05) is 27.7 Å². The van der Waals surface area contributed by atoms with Crippen molar-refractivity contribution in [2.75, 3.05) is 6.54 Å². The quantitative estimate of drug-likeness (QED) is 0.234. The summed E-state index contributed by atoms with van der Waals surface area (Å²) >= 11 is 0. The minimum absolute atomic E-state index is 0.0254. The Morgan fingerprint density at radius 2 is 1.68 bits per heavy atom. The van der Waals surface area contributed by atoms with Gasteiger partial charge in [0, 0.05) is 18.3 Å². The molecule has 0 N–H and O–H groups in total. The second kappa shape index (κ2) is 10.3. The SMILES string of the molecule is CCCC(C)(C)O[Si](CCCN=C=O)(OC(C)C)OC(C)C. The van der Waals surface area contributed by atoms with Crippen molar-refractivity contribution in [3.8, 4) is 0 Å². The van der Waals surface area contributed by atoms with Gasteiger partial charge < -0.3 is 13.3 Å². The number of isocyanates is 1. The van der Waals surface area contributed by atoms with Gasteiger partial charge in [0.2, 0.25) is 6.08 Å². The number of aliphatic imine (C=N–C) groups is 1. The number of nitrogens with zero attached hydrogens (tertiary/aromatic N) is 1. The predicted molar refractivity (Wildman–Crippen MR) is 90.7 cm³/mol. The smallest absolute Gasteiger partial charge is 0.371 e. The van der Waals surface area contributed by atoms with Crippen molar-refractivity contribution in [2.45, 2.75) is 91.6 Å². The molecule has 0 aliphatic rings. The van der Waals surface area contributed by atoms with Crippen LogP contribution in [0.15, 0.2) is 4.99 Å². The van der Waals surface area contributed by atoms with E-state index in [1.54, 1.807) is 6.08 Å². The summed E-state index contributed by atoms with van der Waals surface area (Å²) in [6.07, 6.45) is 4.30. The van der Waals surface area contributed by atoms with Gasteiger partial charge in [-0.1, -0.05) is 13.3 Å². The van der Waals surface area contributed by atoms with Gasteiger partial charge >= 0.3 is 8.80 Å². The van der Waals surface area contributed by atoms with Crippen molar-refractivity contribution < 1.29 is 18.1 Å². The van der Waals surface area contributed by atoms with E-state index in [9.17, 15) is 4.79 Å². The topological polar surface area (TPSA) is 57.1 Å². The molecular formula is C16H33NO4Si. The van der Waals surface area contributed by atoms with Gasteiger partial charge in [0.1, 0.15) is 0 Å². The Morgan fingerprint density at radius 3 is 2.09 bits per heavy atom. The molecule has 0 atom stereocenters. The van der Waals surface area contributed by atoms with Gasteiger partial charge in [0.25, 0.3) is 0 Å².